The van der Waals surface area contributed by atoms with Gasteiger partial charge in [0.1, 0.15) is 0 Å². The second-order valence-electron chi connectivity index (χ2n) is 6.04. The van der Waals surface area contributed by atoms with Crippen LogP contribution in [0.3, 0.4) is 0 Å². The molecule has 1 heterocycles. The zero-order chi connectivity index (χ0) is 15.6. The van der Waals surface area contributed by atoms with Crippen LogP contribution in [0.2, 0.25) is 0 Å². The molecule has 0 bridgehead atoms. The predicted molar refractivity (Wildman–Crippen MR) is 85.5 cm³/mol. The molecule has 1 atom stereocenters. The van der Waals surface area contributed by atoms with Crippen molar-refractivity contribution in [3.63, 3.8) is 0 Å². The summed E-state index contributed by atoms with van der Waals surface area (Å²) in [4.78, 5) is 15.7. The number of benzene rings is 1. The van der Waals surface area contributed by atoms with Crippen LogP contribution in [0.5, 0.6) is 0 Å². The van der Waals surface area contributed by atoms with Crippen molar-refractivity contribution in [3.8, 4) is 0 Å². The highest BCUT2D eigenvalue weighted by atomic mass is 16.3. The highest BCUT2D eigenvalue weighted by molar-refractivity contribution is 5.95. The molecule has 1 aromatic carbocycles. The van der Waals surface area contributed by atoms with Gasteiger partial charge in [-0.3, -0.25) is 4.79 Å². The van der Waals surface area contributed by atoms with Crippen molar-refractivity contribution in [1.29, 1.82) is 0 Å². The first-order chi connectivity index (χ1) is 9.90. The molecule has 1 unspecified atom stereocenters. The highest BCUT2D eigenvalue weighted by Gasteiger charge is 2.24. The van der Waals surface area contributed by atoms with Crippen molar-refractivity contribution >= 4 is 17.3 Å². The molecular weight excluding hydrogens is 266 g/mol. The van der Waals surface area contributed by atoms with E-state index in [9.17, 15) is 9.90 Å². The molecule has 1 aliphatic heterocycles. The van der Waals surface area contributed by atoms with Gasteiger partial charge in [-0.15, -0.1) is 0 Å². The number of anilines is 2. The van der Waals surface area contributed by atoms with Gasteiger partial charge in [0.2, 0.25) is 0 Å². The molecule has 1 aliphatic rings. The molecule has 1 saturated heterocycles. The van der Waals surface area contributed by atoms with Gasteiger partial charge in [0.25, 0.3) is 5.91 Å². The van der Waals surface area contributed by atoms with E-state index in [1.165, 1.54) is 0 Å². The number of nitrogen functional groups attached to an aromatic ring is 1. The van der Waals surface area contributed by atoms with E-state index >= 15 is 0 Å². The van der Waals surface area contributed by atoms with Crippen molar-refractivity contribution < 1.29 is 9.90 Å². The number of piperidine rings is 1. The van der Waals surface area contributed by atoms with Gasteiger partial charge < -0.3 is 20.6 Å². The summed E-state index contributed by atoms with van der Waals surface area (Å²) < 4.78 is 0. The Bertz CT molecular complexity index is 506. The first-order valence-corrected chi connectivity index (χ1v) is 7.44. The van der Waals surface area contributed by atoms with Crippen LogP contribution >= 0.6 is 0 Å². The summed E-state index contributed by atoms with van der Waals surface area (Å²) in [6.07, 6.45) is 1.69. The molecule has 1 amide bonds. The summed E-state index contributed by atoms with van der Waals surface area (Å²) in [5, 5.41) is 9.65. The average Bonchev–Trinajstić information content (AvgIpc) is 2.46. The number of rotatable bonds is 3. The van der Waals surface area contributed by atoms with Crippen LogP contribution in [0, 0.1) is 5.92 Å². The van der Waals surface area contributed by atoms with Crippen LogP contribution < -0.4 is 10.6 Å². The van der Waals surface area contributed by atoms with Crippen molar-refractivity contribution in [2.45, 2.75) is 25.9 Å². The van der Waals surface area contributed by atoms with E-state index in [0.29, 0.717) is 17.2 Å². The van der Waals surface area contributed by atoms with E-state index in [2.05, 4.69) is 4.90 Å². The van der Waals surface area contributed by atoms with Gasteiger partial charge in [0, 0.05) is 32.7 Å². The topological polar surface area (TPSA) is 69.8 Å². The third kappa shape index (κ3) is 3.47. The lowest BCUT2D eigenvalue weighted by Crippen LogP contribution is -2.37. The Morgan fingerprint density at radius 3 is 2.48 bits per heavy atom. The average molecular weight is 291 g/mol. The Kier molecular flexibility index (Phi) is 4.73. The lowest BCUT2D eigenvalue weighted by molar-refractivity contribution is 0.0827. The number of hydrogen-bond acceptors (Lipinski definition) is 4. The number of nitrogens with zero attached hydrogens (tertiary/aromatic N) is 2. The minimum Gasteiger partial charge on any atom is -0.397 e. The molecule has 1 fully saturated rings. The zero-order valence-corrected chi connectivity index (χ0v) is 13.0. The van der Waals surface area contributed by atoms with Gasteiger partial charge in [-0.2, -0.15) is 0 Å². The van der Waals surface area contributed by atoms with Crippen LogP contribution in [-0.2, 0) is 0 Å². The van der Waals surface area contributed by atoms with E-state index in [4.69, 9.17) is 5.73 Å². The monoisotopic (exact) mass is 291 g/mol. The number of hydrogen-bond donors (Lipinski definition) is 2. The number of aliphatic hydroxyl groups is 1. The zero-order valence-electron chi connectivity index (χ0n) is 13.0. The fourth-order valence-electron chi connectivity index (χ4n) is 2.86. The quantitative estimate of drug-likeness (QED) is 0.829. The molecule has 3 N–H and O–H groups in total. The van der Waals surface area contributed by atoms with Gasteiger partial charge in [-0.05, 0) is 43.9 Å². The van der Waals surface area contributed by atoms with Crippen molar-refractivity contribution in [1.82, 2.24) is 4.90 Å². The van der Waals surface area contributed by atoms with Gasteiger partial charge in [-0.1, -0.05) is 0 Å². The Labute approximate surface area is 126 Å². The van der Waals surface area contributed by atoms with Crippen LogP contribution in [-0.4, -0.2) is 49.2 Å². The molecule has 0 aliphatic carbocycles. The van der Waals surface area contributed by atoms with E-state index < -0.39 is 0 Å². The number of amides is 1. The van der Waals surface area contributed by atoms with Gasteiger partial charge in [0.15, 0.2) is 0 Å². The second kappa shape index (κ2) is 6.35. The van der Waals surface area contributed by atoms with Gasteiger partial charge in [-0.25, -0.2) is 0 Å². The molecule has 0 saturated carbocycles. The Balaban J connectivity index is 2.10. The maximum atomic E-state index is 11.9. The molecular formula is C16H25N3O2. The number of carbonyl (C=O) groups excluding carboxylic acids is 1. The number of aliphatic hydroxyl groups excluding tert-OH is 1. The number of carbonyl (C=O) groups is 1. The Hall–Kier alpha value is -1.75. The minimum absolute atomic E-state index is 0.0407. The summed E-state index contributed by atoms with van der Waals surface area (Å²) in [6, 6.07) is 5.50. The smallest absolute Gasteiger partial charge is 0.253 e. The Morgan fingerprint density at radius 2 is 2.00 bits per heavy atom. The summed E-state index contributed by atoms with van der Waals surface area (Å²) in [7, 11) is 3.46. The molecule has 2 rings (SSSR count). The largest absolute Gasteiger partial charge is 0.397 e. The Morgan fingerprint density at radius 1 is 1.38 bits per heavy atom. The second-order valence-corrected chi connectivity index (χ2v) is 6.04. The molecule has 5 nitrogen and oxygen atoms in total. The molecule has 116 valence electrons. The highest BCUT2D eigenvalue weighted by Crippen LogP contribution is 2.30. The molecule has 21 heavy (non-hydrogen) atoms. The van der Waals surface area contributed by atoms with E-state index in [1.54, 1.807) is 25.1 Å². The maximum Gasteiger partial charge on any atom is 0.253 e. The summed E-state index contributed by atoms with van der Waals surface area (Å²) in [5.41, 5.74) is 8.35. The van der Waals surface area contributed by atoms with E-state index in [1.807, 2.05) is 19.1 Å². The third-order valence-electron chi connectivity index (χ3n) is 4.24. The van der Waals surface area contributed by atoms with Crippen LogP contribution in [0.15, 0.2) is 18.2 Å². The van der Waals surface area contributed by atoms with Crippen LogP contribution in [0.4, 0.5) is 11.4 Å². The lowest BCUT2D eigenvalue weighted by atomic mass is 9.92. The van der Waals surface area contributed by atoms with Crippen molar-refractivity contribution in [3.05, 3.63) is 23.8 Å². The van der Waals surface area contributed by atoms with Crippen LogP contribution in [0.25, 0.3) is 0 Å². The first-order valence-electron chi connectivity index (χ1n) is 7.44. The molecule has 1 aromatic rings. The molecule has 0 aromatic heterocycles. The normalized spacial score (nSPS) is 17.6. The van der Waals surface area contributed by atoms with Crippen molar-refractivity contribution in [2.24, 2.45) is 5.92 Å². The first kappa shape index (κ1) is 15.6. The molecule has 0 spiro atoms. The predicted octanol–water partition coefficient (Wildman–Crippen LogP) is 1.57. The maximum absolute atomic E-state index is 11.9. The van der Waals surface area contributed by atoms with E-state index in [-0.39, 0.29) is 12.0 Å². The fraction of sp³-hybridized carbons (Fsp3) is 0.562. The summed E-state index contributed by atoms with van der Waals surface area (Å²) in [5.74, 6) is 0.332. The molecule has 0 radical (unpaired) electrons. The SMILES string of the molecule is CC(O)C1CCN(c2ccc(C(=O)N(C)C)cc2N)CC1. The van der Waals surface area contributed by atoms with Gasteiger partial charge >= 0.3 is 0 Å². The van der Waals surface area contributed by atoms with Crippen molar-refractivity contribution in [2.75, 3.05) is 37.8 Å². The fourth-order valence-corrected chi connectivity index (χ4v) is 2.86. The standard InChI is InChI=1S/C16H25N3O2/c1-11(20)12-6-8-19(9-7-12)15-5-4-13(10-14(15)17)16(21)18(2)3/h4-5,10-12,20H,6-9,17H2,1-3H3. The van der Waals surface area contributed by atoms with Gasteiger partial charge in [0.05, 0.1) is 17.5 Å². The summed E-state index contributed by atoms with van der Waals surface area (Å²) >= 11 is 0. The van der Waals surface area contributed by atoms with E-state index in [0.717, 1.165) is 31.6 Å². The lowest BCUT2D eigenvalue weighted by Gasteiger charge is -2.35. The minimum atomic E-state index is -0.246. The third-order valence-corrected chi connectivity index (χ3v) is 4.24. The molecule has 5 heteroatoms. The number of nitrogens with two attached hydrogens (primary N) is 1. The van der Waals surface area contributed by atoms with Crippen LogP contribution in [0.1, 0.15) is 30.1 Å². The summed E-state index contributed by atoms with van der Waals surface area (Å²) in [6.45, 7) is 3.64.